The number of piperidine rings is 1. The molecule has 1 aromatic heterocycles. The van der Waals surface area contributed by atoms with E-state index in [0.29, 0.717) is 25.3 Å². The summed E-state index contributed by atoms with van der Waals surface area (Å²) in [6.45, 7) is 0.612. The summed E-state index contributed by atoms with van der Waals surface area (Å²) in [5.74, 6) is 2.70. The maximum atomic E-state index is 12.2. The minimum absolute atomic E-state index is 0.0139. The molecule has 1 aliphatic heterocycles. The Bertz CT molecular complexity index is 605. The molecule has 2 saturated carbocycles. The lowest BCUT2D eigenvalue weighted by molar-refractivity contribution is -0.124. The monoisotopic (exact) mass is 333 g/mol. The van der Waals surface area contributed by atoms with Crippen LogP contribution in [0.5, 0.6) is 0 Å². The number of carbonyl (C=O) groups is 2. The Morgan fingerprint density at radius 1 is 1.35 bits per heavy atom. The van der Waals surface area contributed by atoms with Crippen molar-refractivity contribution < 1.29 is 9.59 Å². The summed E-state index contributed by atoms with van der Waals surface area (Å²) in [5.41, 5.74) is 1.18. The molecule has 5 nitrogen and oxygen atoms in total. The van der Waals surface area contributed by atoms with Crippen LogP contribution >= 0.6 is 11.3 Å². The van der Waals surface area contributed by atoms with Crippen LogP contribution in [0.4, 0.5) is 5.13 Å². The first-order valence-corrected chi connectivity index (χ1v) is 9.57. The number of hydrogen-bond acceptors (Lipinski definition) is 4. The Labute approximate surface area is 140 Å². The molecule has 124 valence electrons. The van der Waals surface area contributed by atoms with E-state index in [2.05, 4.69) is 21.0 Å². The number of thiazole rings is 1. The number of amides is 2. The van der Waals surface area contributed by atoms with Gasteiger partial charge in [0.2, 0.25) is 11.8 Å². The maximum Gasteiger partial charge on any atom is 0.226 e. The third-order valence-electron chi connectivity index (χ3n) is 5.73. The Kier molecular flexibility index (Phi) is 4.09. The standard InChI is InChI=1S/C17H23N3O2S/c21-15-4-2-11(8-18-15)7-16(22)20-17-19-14(9-23-17)13-6-10-1-3-12(13)5-10/h9-13H,1-8H2,(H,18,21)(H,19,20,22)/t10-,11-,12-,13-/m0/s1. The van der Waals surface area contributed by atoms with Crippen LogP contribution in [0.3, 0.4) is 0 Å². The van der Waals surface area contributed by atoms with E-state index in [0.717, 1.165) is 23.4 Å². The van der Waals surface area contributed by atoms with E-state index in [-0.39, 0.29) is 17.7 Å². The molecule has 2 amide bonds. The number of nitrogens with zero attached hydrogens (tertiary/aromatic N) is 1. The first kappa shape index (κ1) is 15.1. The van der Waals surface area contributed by atoms with E-state index in [1.165, 1.54) is 31.4 Å². The highest BCUT2D eigenvalue weighted by atomic mass is 32.1. The highest BCUT2D eigenvalue weighted by molar-refractivity contribution is 7.13. The van der Waals surface area contributed by atoms with E-state index < -0.39 is 0 Å². The average Bonchev–Trinajstić information content (AvgIpc) is 3.25. The summed E-state index contributed by atoms with van der Waals surface area (Å²) in [6.07, 6.45) is 7.19. The predicted molar refractivity (Wildman–Crippen MR) is 89.3 cm³/mol. The van der Waals surface area contributed by atoms with Crippen LogP contribution in [0.15, 0.2) is 5.38 Å². The molecule has 0 radical (unpaired) electrons. The molecule has 1 saturated heterocycles. The van der Waals surface area contributed by atoms with Gasteiger partial charge in [0.05, 0.1) is 5.69 Å². The van der Waals surface area contributed by atoms with Crippen molar-refractivity contribution in [1.82, 2.24) is 10.3 Å². The van der Waals surface area contributed by atoms with Crippen molar-refractivity contribution in [3.05, 3.63) is 11.1 Å². The minimum atomic E-state index is 0.0139. The highest BCUT2D eigenvalue weighted by Gasteiger charge is 2.41. The average molecular weight is 333 g/mol. The zero-order chi connectivity index (χ0) is 15.8. The molecule has 2 N–H and O–H groups in total. The number of aromatic nitrogens is 1. The first-order valence-electron chi connectivity index (χ1n) is 8.69. The van der Waals surface area contributed by atoms with Crippen LogP contribution in [-0.4, -0.2) is 23.3 Å². The molecule has 3 aliphatic rings. The molecule has 2 bridgehead atoms. The summed E-state index contributed by atoms with van der Waals surface area (Å²) in [7, 11) is 0. The molecule has 4 atom stereocenters. The van der Waals surface area contributed by atoms with Crippen LogP contribution in [-0.2, 0) is 9.59 Å². The molecule has 23 heavy (non-hydrogen) atoms. The minimum Gasteiger partial charge on any atom is -0.356 e. The smallest absolute Gasteiger partial charge is 0.226 e. The normalized spacial score (nSPS) is 32.8. The molecule has 2 heterocycles. The topological polar surface area (TPSA) is 71.1 Å². The van der Waals surface area contributed by atoms with Crippen molar-refractivity contribution in [1.29, 1.82) is 0 Å². The van der Waals surface area contributed by atoms with Gasteiger partial charge in [-0.25, -0.2) is 4.98 Å². The van der Waals surface area contributed by atoms with Crippen molar-refractivity contribution in [3.63, 3.8) is 0 Å². The number of nitrogens with one attached hydrogen (secondary N) is 2. The van der Waals surface area contributed by atoms with Crippen LogP contribution in [0, 0.1) is 17.8 Å². The predicted octanol–water partition coefficient (Wildman–Crippen LogP) is 2.90. The van der Waals surface area contributed by atoms with Crippen LogP contribution in [0.25, 0.3) is 0 Å². The Hall–Kier alpha value is -1.43. The summed E-state index contributed by atoms with van der Waals surface area (Å²) in [4.78, 5) is 28.0. The molecule has 0 aromatic carbocycles. The van der Waals surface area contributed by atoms with Gasteiger partial charge in [-0.2, -0.15) is 0 Å². The molecule has 1 aromatic rings. The van der Waals surface area contributed by atoms with Crippen molar-refractivity contribution in [2.75, 3.05) is 11.9 Å². The molecular formula is C17H23N3O2S. The SMILES string of the molecule is O=C1CC[C@@H](CC(=O)Nc2nc([C@H]3C[C@H]4CC[C@H]3C4)cs2)CN1. The first-order chi connectivity index (χ1) is 11.2. The van der Waals surface area contributed by atoms with E-state index in [4.69, 9.17) is 0 Å². The van der Waals surface area contributed by atoms with Crippen LogP contribution in [0.2, 0.25) is 0 Å². The number of hydrogen-bond donors (Lipinski definition) is 2. The van der Waals surface area contributed by atoms with Crippen LogP contribution < -0.4 is 10.6 Å². The van der Waals surface area contributed by atoms with Crippen LogP contribution in [0.1, 0.15) is 56.6 Å². The number of fused-ring (bicyclic) bond motifs is 2. The van der Waals surface area contributed by atoms with Crippen molar-refractivity contribution in [2.24, 2.45) is 17.8 Å². The fourth-order valence-electron chi connectivity index (χ4n) is 4.51. The maximum absolute atomic E-state index is 12.2. The van der Waals surface area contributed by atoms with Gasteiger partial charge in [-0.3, -0.25) is 9.59 Å². The van der Waals surface area contributed by atoms with Gasteiger partial charge < -0.3 is 10.6 Å². The molecule has 3 fully saturated rings. The van der Waals surface area contributed by atoms with Crippen molar-refractivity contribution in [3.8, 4) is 0 Å². The van der Waals surface area contributed by atoms with Gasteiger partial charge >= 0.3 is 0 Å². The summed E-state index contributed by atoms with van der Waals surface area (Å²) in [6, 6.07) is 0. The number of anilines is 1. The lowest BCUT2D eigenvalue weighted by atomic mass is 9.87. The van der Waals surface area contributed by atoms with E-state index in [1.807, 2.05) is 0 Å². The lowest BCUT2D eigenvalue weighted by Crippen LogP contribution is -2.36. The zero-order valence-electron chi connectivity index (χ0n) is 13.2. The molecule has 0 spiro atoms. The van der Waals surface area contributed by atoms with E-state index in [9.17, 15) is 9.59 Å². The van der Waals surface area contributed by atoms with Gasteiger partial charge in [0, 0.05) is 30.7 Å². The second-order valence-electron chi connectivity index (χ2n) is 7.32. The zero-order valence-corrected chi connectivity index (χ0v) is 14.0. The van der Waals surface area contributed by atoms with Crippen molar-refractivity contribution in [2.45, 2.75) is 50.9 Å². The molecule has 0 unspecified atom stereocenters. The third-order valence-corrected chi connectivity index (χ3v) is 6.50. The number of carbonyl (C=O) groups excluding carboxylic acids is 2. The lowest BCUT2D eigenvalue weighted by Gasteiger charge is -2.21. The second-order valence-corrected chi connectivity index (χ2v) is 8.18. The van der Waals surface area contributed by atoms with E-state index in [1.54, 1.807) is 11.3 Å². The van der Waals surface area contributed by atoms with Gasteiger partial charge in [-0.15, -0.1) is 11.3 Å². The molecule has 6 heteroatoms. The summed E-state index contributed by atoms with van der Waals surface area (Å²) < 4.78 is 0. The second kappa shape index (κ2) is 6.23. The van der Waals surface area contributed by atoms with Crippen molar-refractivity contribution >= 4 is 28.3 Å². The van der Waals surface area contributed by atoms with Gasteiger partial charge in [0.25, 0.3) is 0 Å². The Morgan fingerprint density at radius 2 is 2.26 bits per heavy atom. The van der Waals surface area contributed by atoms with Gasteiger partial charge in [0.15, 0.2) is 5.13 Å². The molecule has 2 aliphatic carbocycles. The largest absolute Gasteiger partial charge is 0.356 e. The molecule has 4 rings (SSSR count). The summed E-state index contributed by atoms with van der Waals surface area (Å²) >= 11 is 1.54. The molecular weight excluding hydrogens is 310 g/mol. The number of rotatable bonds is 4. The third kappa shape index (κ3) is 3.27. The van der Waals surface area contributed by atoms with Gasteiger partial charge in [-0.1, -0.05) is 6.42 Å². The van der Waals surface area contributed by atoms with E-state index >= 15 is 0 Å². The summed E-state index contributed by atoms with van der Waals surface area (Å²) in [5, 5.41) is 8.63. The Balaban J connectivity index is 1.31. The quantitative estimate of drug-likeness (QED) is 0.890. The highest BCUT2D eigenvalue weighted by Crippen LogP contribution is 2.52. The fraction of sp³-hybridized carbons (Fsp3) is 0.706. The van der Waals surface area contributed by atoms with Gasteiger partial charge in [0.1, 0.15) is 0 Å². The fourth-order valence-corrected chi connectivity index (χ4v) is 5.30. The van der Waals surface area contributed by atoms with Gasteiger partial charge in [-0.05, 0) is 43.4 Å². The Morgan fingerprint density at radius 3 is 2.96 bits per heavy atom.